The van der Waals surface area contributed by atoms with Gasteiger partial charge in [0.1, 0.15) is 6.42 Å². The average molecular weight is 751 g/mol. The smallest absolute Gasteiger partial charge is 0.305 e. The maximum absolute atomic E-state index is 12.1. The van der Waals surface area contributed by atoms with E-state index in [4.69, 9.17) is 16.3 Å². The van der Waals surface area contributed by atoms with Gasteiger partial charge in [-0.05, 0) is 89.5 Å². The number of alkyl halides is 1. The third-order valence-electron chi connectivity index (χ3n) is 9.07. The summed E-state index contributed by atoms with van der Waals surface area (Å²) in [5, 5.41) is 0. The number of halogens is 3. The van der Waals surface area contributed by atoms with Crippen molar-refractivity contribution in [3.05, 3.63) is 78.7 Å². The molecule has 44 heavy (non-hydrogen) atoms. The summed E-state index contributed by atoms with van der Waals surface area (Å²) in [6.45, 7) is 17.4. The number of rotatable bonds is 11. The van der Waals surface area contributed by atoms with Gasteiger partial charge in [0, 0.05) is 69.5 Å². The Morgan fingerprint density at radius 3 is 1.77 bits per heavy atom. The van der Waals surface area contributed by atoms with Gasteiger partial charge in [-0.25, -0.2) is 9.98 Å². The van der Waals surface area contributed by atoms with Gasteiger partial charge in [0.15, 0.2) is 11.4 Å². The molecule has 6 nitrogen and oxygen atoms in total. The number of aromatic nitrogens is 2. The van der Waals surface area contributed by atoms with E-state index < -0.39 is 0 Å². The quantitative estimate of drug-likeness (QED) is 0.172. The Kier molecular flexibility index (Phi) is 13.9. The van der Waals surface area contributed by atoms with Crippen LogP contribution in [0.2, 0.25) is 0 Å². The normalized spacial score (nSPS) is 16.5. The molecule has 9 heteroatoms. The van der Waals surface area contributed by atoms with Crippen molar-refractivity contribution < 1.29 is 53.5 Å². The van der Waals surface area contributed by atoms with Gasteiger partial charge in [0.25, 0.3) is 0 Å². The molecule has 0 fully saturated rings. The van der Waals surface area contributed by atoms with Crippen LogP contribution >= 0.6 is 11.6 Å². The number of hydrogen-bond acceptors (Lipinski definition) is 2. The van der Waals surface area contributed by atoms with Crippen LogP contribution in [0.1, 0.15) is 98.4 Å². The molecule has 2 aliphatic heterocycles. The summed E-state index contributed by atoms with van der Waals surface area (Å²) in [5.41, 5.74) is 19.3. The lowest BCUT2D eigenvalue weighted by atomic mass is 9.95. The van der Waals surface area contributed by atoms with E-state index in [1.165, 1.54) is 63.2 Å². The molecule has 0 unspecified atom stereocenters. The number of allylic oxidation sites excluding steroid dienone is 4. The van der Waals surface area contributed by atoms with Crippen LogP contribution in [0.25, 0.3) is 12.2 Å². The molecule has 0 amide bonds. The molecule has 0 spiro atoms. The van der Waals surface area contributed by atoms with Crippen molar-refractivity contribution in [2.45, 2.75) is 93.9 Å². The zero-order valence-electron chi connectivity index (χ0n) is 27.6. The van der Waals surface area contributed by atoms with E-state index >= 15 is 0 Å². The fraction of sp³-hybridized carbons (Fsp3) is 0.457. The largest absolute Gasteiger partial charge is 1.00 e. The number of aryl methyl sites for hydroxylation is 2. The Morgan fingerprint density at radius 2 is 1.30 bits per heavy atom. The van der Waals surface area contributed by atoms with Crippen LogP contribution in [0.3, 0.4) is 0 Å². The van der Waals surface area contributed by atoms with Crippen LogP contribution in [0.5, 0.6) is 0 Å². The number of esters is 1. The molecule has 0 atom stereocenters. The van der Waals surface area contributed by atoms with Gasteiger partial charge in [-0.1, -0.05) is 13.8 Å². The first-order valence-corrected chi connectivity index (χ1v) is 15.7. The topological polar surface area (TPSA) is 85.8 Å². The predicted octanol–water partition coefficient (Wildman–Crippen LogP) is -1.23. The second-order valence-electron chi connectivity index (χ2n) is 11.5. The van der Waals surface area contributed by atoms with Crippen LogP contribution in [0.15, 0.2) is 33.7 Å². The number of carbonyl (C=O) groups is 1. The van der Waals surface area contributed by atoms with Gasteiger partial charge in [-0.3, -0.25) is 4.79 Å². The van der Waals surface area contributed by atoms with Crippen molar-refractivity contribution >= 4 is 41.1 Å². The first-order chi connectivity index (χ1) is 20.0. The number of carbonyl (C=O) groups excluding carboxylic acids is 1. The van der Waals surface area contributed by atoms with Crippen molar-refractivity contribution in [2.75, 3.05) is 13.0 Å². The lowest BCUT2D eigenvalue weighted by Crippen LogP contribution is -3.00. The predicted molar refractivity (Wildman–Crippen MR) is 174 cm³/mol. The molecule has 240 valence electrons. The molecule has 0 radical (unpaired) electrons. The number of H-pyrrole nitrogens is 2. The summed E-state index contributed by atoms with van der Waals surface area (Å²) < 4.78 is 4.97. The van der Waals surface area contributed by atoms with E-state index in [-0.39, 0.29) is 39.9 Å². The zero-order valence-corrected chi connectivity index (χ0v) is 31.5. The SMILES string of the molecule is CCc1c(C)[nH]c(/C=C2\[NH+]=C(CC3=[NH+]/C(=C/c4[nH]c(C)c(CC)c4C)C(C)=C3CCCl)C(C)=C2CCC(=O)OC)c1C.[Br-].[Br-]. The molecule has 4 rings (SSSR count). The Labute approximate surface area is 288 Å². The maximum atomic E-state index is 12.1. The Morgan fingerprint density at radius 1 is 0.773 bits per heavy atom. The van der Waals surface area contributed by atoms with E-state index in [1.807, 2.05) is 0 Å². The van der Waals surface area contributed by atoms with E-state index in [0.29, 0.717) is 18.7 Å². The first-order valence-electron chi connectivity index (χ1n) is 15.1. The number of aromatic amines is 2. The summed E-state index contributed by atoms with van der Waals surface area (Å²) in [7, 11) is 1.45. The van der Waals surface area contributed by atoms with Crippen LogP contribution in [-0.2, 0) is 22.4 Å². The molecule has 0 saturated heterocycles. The number of ether oxygens (including phenoxy) is 1. The minimum absolute atomic E-state index is 0. The van der Waals surface area contributed by atoms with Gasteiger partial charge in [0.05, 0.1) is 7.11 Å². The summed E-state index contributed by atoms with van der Waals surface area (Å²) in [4.78, 5) is 26.8. The van der Waals surface area contributed by atoms with Gasteiger partial charge in [-0.2, -0.15) is 0 Å². The monoisotopic (exact) mass is 748 g/mol. The van der Waals surface area contributed by atoms with Crippen LogP contribution in [0, 0.1) is 27.7 Å². The lowest BCUT2D eigenvalue weighted by molar-refractivity contribution is -0.393. The second-order valence-corrected chi connectivity index (χ2v) is 11.8. The highest BCUT2D eigenvalue weighted by molar-refractivity contribution is 6.19. The number of hydrogen-bond donors (Lipinski definition) is 4. The molecule has 2 aromatic heterocycles. The van der Waals surface area contributed by atoms with Crippen molar-refractivity contribution in [1.29, 1.82) is 0 Å². The van der Waals surface area contributed by atoms with Gasteiger partial charge < -0.3 is 48.7 Å². The molecule has 0 aromatic carbocycles. The third-order valence-corrected chi connectivity index (χ3v) is 9.26. The van der Waals surface area contributed by atoms with E-state index in [1.54, 1.807) is 0 Å². The Balaban J connectivity index is 0.00000337. The zero-order chi connectivity index (χ0) is 30.7. The minimum Gasteiger partial charge on any atom is -1.00 e. The molecule has 4 N–H and O–H groups in total. The molecule has 2 aromatic rings. The molecule has 0 saturated carbocycles. The fourth-order valence-electron chi connectivity index (χ4n) is 6.56. The lowest BCUT2D eigenvalue weighted by Gasteiger charge is -2.03. The highest BCUT2D eigenvalue weighted by atomic mass is 79.9. The van der Waals surface area contributed by atoms with Crippen molar-refractivity contribution in [3.8, 4) is 0 Å². The highest BCUT2D eigenvalue weighted by Crippen LogP contribution is 2.28. The van der Waals surface area contributed by atoms with Gasteiger partial charge in [0.2, 0.25) is 11.4 Å². The summed E-state index contributed by atoms with van der Waals surface area (Å²) in [6, 6.07) is 0. The highest BCUT2D eigenvalue weighted by Gasteiger charge is 2.35. The molecule has 0 aliphatic carbocycles. The Hall–Kier alpha value is -2.42. The summed E-state index contributed by atoms with van der Waals surface area (Å²) in [5.74, 6) is 0.360. The fourth-order valence-corrected chi connectivity index (χ4v) is 6.75. The number of methoxy groups -OCH3 is 1. The van der Waals surface area contributed by atoms with Gasteiger partial charge in [-0.15, -0.1) is 11.6 Å². The molecular weight excluding hydrogens is 704 g/mol. The van der Waals surface area contributed by atoms with Crippen LogP contribution < -0.4 is 43.9 Å². The van der Waals surface area contributed by atoms with E-state index in [9.17, 15) is 4.79 Å². The summed E-state index contributed by atoms with van der Waals surface area (Å²) in [6.07, 6.45) is 8.91. The molecular formula is C35H47Br2ClN4O2. The standard InChI is InChI=1S/C35H45ClN4O2.2BrH/c1-10-25-19(3)29(37-23(25)7)16-31-22(6)28(14-15-36)34(39-31)18-32-21(5)27(12-13-35(41)42-9)33(40-32)17-30-20(4)26(11-2)24(8)38-30;;/h16-17,37-38H,10-15,18H2,1-9H3;2*1H/b31-16+,33-17-;;. The first kappa shape index (κ1) is 37.8. The second kappa shape index (κ2) is 16.2. The van der Waals surface area contributed by atoms with Crippen LogP contribution in [-0.4, -0.2) is 40.4 Å². The maximum Gasteiger partial charge on any atom is 0.305 e. The number of nitrogens with one attached hydrogen (secondary N) is 4. The average Bonchev–Trinajstić information content (AvgIpc) is 3.60. The third kappa shape index (κ3) is 7.68. The van der Waals surface area contributed by atoms with Crippen molar-refractivity contribution in [2.24, 2.45) is 0 Å². The van der Waals surface area contributed by atoms with Crippen molar-refractivity contribution in [3.63, 3.8) is 0 Å². The summed E-state index contributed by atoms with van der Waals surface area (Å²) >= 11 is 6.31. The van der Waals surface area contributed by atoms with Gasteiger partial charge >= 0.3 is 5.97 Å². The Bertz CT molecular complexity index is 1600. The molecule has 4 heterocycles. The van der Waals surface area contributed by atoms with E-state index in [2.05, 4.69) is 87.5 Å². The van der Waals surface area contributed by atoms with Crippen molar-refractivity contribution in [1.82, 2.24) is 9.97 Å². The van der Waals surface area contributed by atoms with Crippen LogP contribution in [0.4, 0.5) is 0 Å². The minimum atomic E-state index is -0.200. The molecule has 2 aliphatic rings. The molecule has 0 bridgehead atoms. The van der Waals surface area contributed by atoms with E-state index in [0.717, 1.165) is 59.8 Å².